The second kappa shape index (κ2) is 15.3. The molecular weight excluding hydrogens is 648 g/mol. The number of primary amides is 1. The summed E-state index contributed by atoms with van der Waals surface area (Å²) in [5.41, 5.74) is 6.08. The third kappa shape index (κ3) is 8.19. The first-order valence-corrected chi connectivity index (χ1v) is 17.7. The molecule has 2 amide bonds. The number of nitrogens with two attached hydrogens (primary N) is 1. The molecule has 12 nitrogen and oxygen atoms in total. The summed E-state index contributed by atoms with van der Waals surface area (Å²) in [4.78, 5) is 52.2. The molecule has 262 valence electrons. The number of esters is 2. The highest BCUT2D eigenvalue weighted by Crippen LogP contribution is 2.40. The van der Waals surface area contributed by atoms with Gasteiger partial charge in [-0.25, -0.2) is 0 Å². The first-order valence-electron chi connectivity index (χ1n) is 15.8. The van der Waals surface area contributed by atoms with Crippen molar-refractivity contribution in [3.05, 3.63) is 90.5 Å². The lowest BCUT2D eigenvalue weighted by molar-refractivity contribution is -0.238. The molecule has 0 saturated carbocycles. The predicted octanol–water partition coefficient (Wildman–Crippen LogP) is 2.04. The maximum absolute atomic E-state index is 14.3. The van der Waals surface area contributed by atoms with Crippen LogP contribution in [0.1, 0.15) is 40.2 Å². The SMILES string of the molecule is COc1ccc(CN(CC(N)=O)C(=O)C2(O)O[C@H](CO[Si](c3ccccc3)(c3ccccc3)C(C)(C)C)[C@H](OC(C)=O)[C@@H]2OC(C)=O)cc1. The van der Waals surface area contributed by atoms with E-state index < -0.39 is 67.8 Å². The van der Waals surface area contributed by atoms with E-state index in [0.717, 1.165) is 29.1 Å². The Kier molecular flexibility index (Phi) is 11.7. The van der Waals surface area contributed by atoms with Gasteiger partial charge in [0.15, 0.2) is 6.10 Å². The second-order valence-electron chi connectivity index (χ2n) is 12.9. The Morgan fingerprint density at radius 2 is 1.41 bits per heavy atom. The Labute approximate surface area is 287 Å². The van der Waals surface area contributed by atoms with Gasteiger partial charge in [0.1, 0.15) is 11.9 Å². The van der Waals surface area contributed by atoms with E-state index in [1.165, 1.54) is 7.11 Å². The van der Waals surface area contributed by atoms with Gasteiger partial charge in [0.2, 0.25) is 12.0 Å². The van der Waals surface area contributed by atoms with E-state index >= 15 is 0 Å². The van der Waals surface area contributed by atoms with E-state index in [1.807, 2.05) is 60.7 Å². The fraction of sp³-hybridized carbons (Fsp3) is 0.389. The van der Waals surface area contributed by atoms with Crippen LogP contribution in [0.2, 0.25) is 5.04 Å². The number of carbonyl (C=O) groups excluding carboxylic acids is 4. The number of hydrogen-bond donors (Lipinski definition) is 2. The molecule has 3 N–H and O–H groups in total. The lowest BCUT2D eigenvalue weighted by Gasteiger charge is -2.43. The molecule has 4 rings (SSSR count). The van der Waals surface area contributed by atoms with Gasteiger partial charge in [0.25, 0.3) is 20.0 Å². The average molecular weight is 693 g/mol. The lowest BCUT2D eigenvalue weighted by Crippen LogP contribution is -2.67. The van der Waals surface area contributed by atoms with Gasteiger partial charge in [-0.3, -0.25) is 19.2 Å². The number of benzene rings is 3. The molecule has 1 fully saturated rings. The summed E-state index contributed by atoms with van der Waals surface area (Å²) in [7, 11) is -1.69. The van der Waals surface area contributed by atoms with Crippen LogP contribution < -0.4 is 20.8 Å². The Morgan fingerprint density at radius 3 is 1.86 bits per heavy atom. The van der Waals surface area contributed by atoms with Crippen LogP contribution in [-0.2, 0) is 44.4 Å². The summed E-state index contributed by atoms with van der Waals surface area (Å²) >= 11 is 0. The molecule has 1 aliphatic rings. The molecule has 0 aliphatic carbocycles. The minimum absolute atomic E-state index is 0.175. The van der Waals surface area contributed by atoms with Crippen LogP contribution in [0.4, 0.5) is 0 Å². The maximum atomic E-state index is 14.3. The molecule has 1 heterocycles. The monoisotopic (exact) mass is 692 g/mol. The van der Waals surface area contributed by atoms with Crippen molar-refractivity contribution in [3.8, 4) is 5.75 Å². The van der Waals surface area contributed by atoms with Crippen LogP contribution in [0, 0.1) is 0 Å². The van der Waals surface area contributed by atoms with Crippen molar-refractivity contribution in [1.82, 2.24) is 4.90 Å². The zero-order chi connectivity index (χ0) is 36.0. The summed E-state index contributed by atoms with van der Waals surface area (Å²) in [6.07, 6.45) is -4.58. The van der Waals surface area contributed by atoms with Gasteiger partial charge in [-0.1, -0.05) is 93.6 Å². The quantitative estimate of drug-likeness (QED) is 0.200. The lowest BCUT2D eigenvalue weighted by atomic mass is 10.0. The van der Waals surface area contributed by atoms with E-state index in [9.17, 15) is 24.3 Å². The molecule has 49 heavy (non-hydrogen) atoms. The van der Waals surface area contributed by atoms with Crippen molar-refractivity contribution < 1.29 is 47.7 Å². The molecule has 13 heteroatoms. The smallest absolute Gasteiger partial charge is 0.303 e. The van der Waals surface area contributed by atoms with Gasteiger partial charge in [0.05, 0.1) is 20.3 Å². The fourth-order valence-corrected chi connectivity index (χ4v) is 10.8. The number of ether oxygens (including phenoxy) is 4. The van der Waals surface area contributed by atoms with Gasteiger partial charge in [-0.05, 0) is 33.1 Å². The summed E-state index contributed by atoms with van der Waals surface area (Å²) in [6, 6.07) is 26.2. The van der Waals surface area contributed by atoms with Crippen LogP contribution >= 0.6 is 0 Å². The summed E-state index contributed by atoms with van der Waals surface area (Å²) in [5.74, 6) is -5.97. The van der Waals surface area contributed by atoms with E-state index in [0.29, 0.717) is 11.3 Å². The maximum Gasteiger partial charge on any atom is 0.303 e. The number of rotatable bonds is 13. The Hall–Kier alpha value is -4.56. The van der Waals surface area contributed by atoms with E-state index in [-0.39, 0.29) is 13.2 Å². The minimum atomic E-state index is -3.19. The van der Waals surface area contributed by atoms with Gasteiger partial charge in [-0.15, -0.1) is 0 Å². The largest absolute Gasteiger partial charge is 0.497 e. The molecule has 1 unspecified atom stereocenters. The molecule has 1 aliphatic heterocycles. The third-order valence-corrected chi connectivity index (χ3v) is 13.3. The van der Waals surface area contributed by atoms with Crippen molar-refractivity contribution in [2.24, 2.45) is 5.73 Å². The van der Waals surface area contributed by atoms with Gasteiger partial charge in [0, 0.05) is 20.4 Å². The number of nitrogens with zero attached hydrogens (tertiary/aromatic N) is 1. The van der Waals surface area contributed by atoms with Crippen LogP contribution in [0.3, 0.4) is 0 Å². The highest BCUT2D eigenvalue weighted by molar-refractivity contribution is 6.99. The summed E-state index contributed by atoms with van der Waals surface area (Å²) < 4.78 is 29.4. The average Bonchev–Trinajstić information content (AvgIpc) is 3.30. The number of carbonyl (C=O) groups is 4. The molecule has 0 spiro atoms. The van der Waals surface area contributed by atoms with Crippen molar-refractivity contribution >= 4 is 42.4 Å². The van der Waals surface area contributed by atoms with E-state index in [4.69, 9.17) is 29.1 Å². The van der Waals surface area contributed by atoms with Gasteiger partial charge in [-0.2, -0.15) is 0 Å². The molecule has 0 bridgehead atoms. The molecule has 4 atom stereocenters. The normalized spacial score (nSPS) is 20.7. The number of aliphatic hydroxyl groups is 1. The molecule has 3 aromatic rings. The molecular formula is C36H44N2O10Si. The van der Waals surface area contributed by atoms with Crippen molar-refractivity contribution in [2.75, 3.05) is 20.3 Å². The van der Waals surface area contributed by atoms with Gasteiger partial charge < -0.3 is 39.1 Å². The Morgan fingerprint density at radius 1 is 0.878 bits per heavy atom. The third-order valence-electron chi connectivity index (χ3n) is 8.33. The molecule has 0 aromatic heterocycles. The first-order chi connectivity index (χ1) is 23.1. The fourth-order valence-electron chi connectivity index (χ4n) is 6.27. The zero-order valence-corrected chi connectivity index (χ0v) is 29.6. The van der Waals surface area contributed by atoms with Crippen LogP contribution in [0.5, 0.6) is 5.75 Å². The summed E-state index contributed by atoms with van der Waals surface area (Å²) in [6.45, 7) is 7.39. The minimum Gasteiger partial charge on any atom is -0.497 e. The Balaban J connectivity index is 1.78. The zero-order valence-electron chi connectivity index (χ0n) is 28.6. The highest BCUT2D eigenvalue weighted by Gasteiger charge is 2.64. The van der Waals surface area contributed by atoms with E-state index in [1.54, 1.807) is 24.3 Å². The second-order valence-corrected chi connectivity index (χ2v) is 17.2. The van der Waals surface area contributed by atoms with Crippen molar-refractivity contribution in [3.63, 3.8) is 0 Å². The standard InChI is InChI=1S/C36H44N2O10Si/c1-24(39)46-32-30(23-45-49(35(3,4)5,28-13-9-7-10-14-28)29-15-11-8-12-16-29)48-36(43,33(32)47-25(2)40)34(42)38(22-31(37)41)21-26-17-19-27(44-6)20-18-26/h7-20,30,32-33,43H,21-23H2,1-6H3,(H2,37,41)/t30-,32+,33+,36?/m1/s1. The topological polar surface area (TPSA) is 164 Å². The Bertz CT molecular complexity index is 1570. The molecule has 0 radical (unpaired) electrons. The predicted molar refractivity (Wildman–Crippen MR) is 182 cm³/mol. The first kappa shape index (κ1) is 37.3. The molecule has 1 saturated heterocycles. The van der Waals surface area contributed by atoms with Crippen molar-refractivity contribution in [1.29, 1.82) is 0 Å². The molecule has 3 aromatic carbocycles. The number of methoxy groups -OCH3 is 1. The number of amides is 2. The van der Waals surface area contributed by atoms with E-state index in [2.05, 4.69) is 20.8 Å². The van der Waals surface area contributed by atoms with Crippen LogP contribution in [-0.4, -0.2) is 86.4 Å². The number of hydrogen-bond acceptors (Lipinski definition) is 10. The summed E-state index contributed by atoms with van der Waals surface area (Å²) in [5, 5.41) is 13.5. The van der Waals surface area contributed by atoms with Crippen molar-refractivity contribution in [2.45, 2.75) is 70.3 Å². The van der Waals surface area contributed by atoms with Crippen LogP contribution in [0.25, 0.3) is 0 Å². The van der Waals surface area contributed by atoms with Gasteiger partial charge >= 0.3 is 11.9 Å². The van der Waals surface area contributed by atoms with Crippen LogP contribution in [0.15, 0.2) is 84.9 Å². The highest BCUT2D eigenvalue weighted by atomic mass is 28.4.